The molecule has 2 fully saturated rings. The normalized spacial score (nSPS) is 27.9. The van der Waals surface area contributed by atoms with Gasteiger partial charge >= 0.3 is 5.97 Å². The van der Waals surface area contributed by atoms with E-state index in [1.54, 1.807) is 12.1 Å². The molecule has 0 radical (unpaired) electrons. The maximum absolute atomic E-state index is 12.4. The smallest absolute Gasteiger partial charge is 0.307 e. The molecular formula is C15H19NO4S. The van der Waals surface area contributed by atoms with E-state index in [1.807, 2.05) is 0 Å². The Kier molecular flexibility index (Phi) is 3.75. The standard InChI is InChI=1S/C15H19NO4S/c17-15(18)9-10-2-5-13(6-3-10)21(19,20)16-14-8-11-1-4-12(14)7-11/h2-3,5-6,11-12,14,16H,1,4,7-9H2,(H,17,18). The fourth-order valence-electron chi connectivity index (χ4n) is 3.62. The average molecular weight is 309 g/mol. The molecule has 0 aliphatic heterocycles. The predicted molar refractivity (Wildman–Crippen MR) is 77.3 cm³/mol. The van der Waals surface area contributed by atoms with Crippen LogP contribution in [-0.2, 0) is 21.2 Å². The number of sulfonamides is 1. The number of hydrogen-bond acceptors (Lipinski definition) is 3. The molecule has 2 aliphatic rings. The first-order valence-electron chi connectivity index (χ1n) is 7.27. The fraction of sp³-hybridized carbons (Fsp3) is 0.533. The molecule has 3 rings (SSSR count). The zero-order valence-electron chi connectivity index (χ0n) is 11.7. The molecule has 0 amide bonds. The molecule has 2 saturated carbocycles. The summed E-state index contributed by atoms with van der Waals surface area (Å²) in [6.45, 7) is 0. The van der Waals surface area contributed by atoms with Gasteiger partial charge in [0.1, 0.15) is 0 Å². The van der Waals surface area contributed by atoms with Gasteiger partial charge in [0, 0.05) is 6.04 Å². The highest BCUT2D eigenvalue weighted by Crippen LogP contribution is 2.44. The average Bonchev–Trinajstić information content (AvgIpc) is 3.00. The molecule has 0 saturated heterocycles. The highest BCUT2D eigenvalue weighted by molar-refractivity contribution is 7.89. The van der Waals surface area contributed by atoms with E-state index in [1.165, 1.54) is 18.6 Å². The summed E-state index contributed by atoms with van der Waals surface area (Å²) in [5, 5.41) is 8.72. The van der Waals surface area contributed by atoms with Gasteiger partial charge in [0.05, 0.1) is 11.3 Å². The van der Waals surface area contributed by atoms with Gasteiger partial charge in [-0.15, -0.1) is 0 Å². The SMILES string of the molecule is O=C(O)Cc1ccc(S(=O)(=O)NC2CC3CCC2C3)cc1. The van der Waals surface area contributed by atoms with Gasteiger partial charge in [0.15, 0.2) is 0 Å². The van der Waals surface area contributed by atoms with Crippen LogP contribution in [-0.4, -0.2) is 25.5 Å². The molecule has 0 spiro atoms. The molecule has 3 atom stereocenters. The topological polar surface area (TPSA) is 83.5 Å². The van der Waals surface area contributed by atoms with Crippen LogP contribution < -0.4 is 4.72 Å². The van der Waals surface area contributed by atoms with Crippen LogP contribution in [0.1, 0.15) is 31.2 Å². The summed E-state index contributed by atoms with van der Waals surface area (Å²) in [7, 11) is -3.51. The Balaban J connectivity index is 1.71. The van der Waals surface area contributed by atoms with Crippen molar-refractivity contribution in [2.75, 3.05) is 0 Å². The van der Waals surface area contributed by atoms with Gasteiger partial charge < -0.3 is 5.11 Å². The number of fused-ring (bicyclic) bond motifs is 2. The number of nitrogens with one attached hydrogen (secondary N) is 1. The molecule has 2 bridgehead atoms. The van der Waals surface area contributed by atoms with E-state index < -0.39 is 16.0 Å². The third kappa shape index (κ3) is 3.11. The molecular weight excluding hydrogens is 290 g/mol. The van der Waals surface area contributed by atoms with Gasteiger partial charge in [-0.1, -0.05) is 18.6 Å². The van der Waals surface area contributed by atoms with Gasteiger partial charge in [0.2, 0.25) is 10.0 Å². The number of benzene rings is 1. The number of carbonyl (C=O) groups is 1. The van der Waals surface area contributed by atoms with Crippen LogP contribution in [0.2, 0.25) is 0 Å². The van der Waals surface area contributed by atoms with E-state index in [9.17, 15) is 13.2 Å². The second-order valence-electron chi connectivity index (χ2n) is 6.12. The maximum Gasteiger partial charge on any atom is 0.307 e. The lowest BCUT2D eigenvalue weighted by atomic mass is 9.96. The Bertz CT molecular complexity index is 638. The van der Waals surface area contributed by atoms with Gasteiger partial charge in [0.25, 0.3) is 0 Å². The second-order valence-corrected chi connectivity index (χ2v) is 7.83. The van der Waals surface area contributed by atoms with E-state index >= 15 is 0 Å². The van der Waals surface area contributed by atoms with Crippen molar-refractivity contribution in [3.63, 3.8) is 0 Å². The molecule has 1 aromatic carbocycles. The third-order valence-corrected chi connectivity index (χ3v) is 6.14. The van der Waals surface area contributed by atoms with E-state index in [-0.39, 0.29) is 17.4 Å². The van der Waals surface area contributed by atoms with Crippen LogP contribution in [0.15, 0.2) is 29.2 Å². The van der Waals surface area contributed by atoms with Crippen molar-refractivity contribution in [3.8, 4) is 0 Å². The lowest BCUT2D eigenvalue weighted by Crippen LogP contribution is -2.38. The van der Waals surface area contributed by atoms with Gasteiger partial charge in [-0.05, 0) is 48.8 Å². The Labute approximate surface area is 124 Å². The van der Waals surface area contributed by atoms with Crippen molar-refractivity contribution in [3.05, 3.63) is 29.8 Å². The van der Waals surface area contributed by atoms with Crippen LogP contribution in [0.25, 0.3) is 0 Å². The van der Waals surface area contributed by atoms with Crippen LogP contribution >= 0.6 is 0 Å². The van der Waals surface area contributed by atoms with Crippen LogP contribution in [0, 0.1) is 11.8 Å². The second kappa shape index (κ2) is 5.42. The lowest BCUT2D eigenvalue weighted by molar-refractivity contribution is -0.136. The Morgan fingerprint density at radius 2 is 1.90 bits per heavy atom. The first-order chi connectivity index (χ1) is 9.94. The molecule has 0 heterocycles. The minimum absolute atomic E-state index is 0.0625. The van der Waals surface area contributed by atoms with Crippen molar-refractivity contribution in [1.82, 2.24) is 4.72 Å². The van der Waals surface area contributed by atoms with E-state index in [4.69, 9.17) is 5.11 Å². The van der Waals surface area contributed by atoms with Gasteiger partial charge in [-0.2, -0.15) is 0 Å². The maximum atomic E-state index is 12.4. The number of rotatable bonds is 5. The van der Waals surface area contributed by atoms with Crippen LogP contribution in [0.5, 0.6) is 0 Å². The predicted octanol–water partition coefficient (Wildman–Crippen LogP) is 1.78. The molecule has 3 unspecified atom stereocenters. The Morgan fingerprint density at radius 1 is 1.19 bits per heavy atom. The zero-order chi connectivity index (χ0) is 15.0. The zero-order valence-corrected chi connectivity index (χ0v) is 12.5. The van der Waals surface area contributed by atoms with Crippen LogP contribution in [0.3, 0.4) is 0 Å². The first-order valence-corrected chi connectivity index (χ1v) is 8.75. The van der Waals surface area contributed by atoms with E-state index in [2.05, 4.69) is 4.72 Å². The van der Waals surface area contributed by atoms with Crippen LogP contribution in [0.4, 0.5) is 0 Å². The molecule has 6 heteroatoms. The van der Waals surface area contributed by atoms with Crippen molar-refractivity contribution in [1.29, 1.82) is 0 Å². The summed E-state index contributed by atoms with van der Waals surface area (Å²) >= 11 is 0. The minimum atomic E-state index is -3.51. The molecule has 5 nitrogen and oxygen atoms in total. The summed E-state index contributed by atoms with van der Waals surface area (Å²) in [4.78, 5) is 10.8. The molecule has 1 aromatic rings. The number of aliphatic carboxylic acids is 1. The molecule has 2 N–H and O–H groups in total. The number of carboxylic acid groups (broad SMARTS) is 1. The number of carboxylic acids is 1. The summed E-state index contributed by atoms with van der Waals surface area (Å²) < 4.78 is 27.6. The molecule has 0 aromatic heterocycles. The fourth-order valence-corrected chi connectivity index (χ4v) is 4.94. The summed E-state index contributed by atoms with van der Waals surface area (Å²) in [5.41, 5.74) is 0.598. The van der Waals surface area contributed by atoms with Gasteiger partial charge in [-0.3, -0.25) is 4.79 Å². The Hall–Kier alpha value is -1.40. The van der Waals surface area contributed by atoms with Gasteiger partial charge in [-0.25, -0.2) is 13.1 Å². The van der Waals surface area contributed by atoms with Crippen molar-refractivity contribution in [2.24, 2.45) is 11.8 Å². The highest BCUT2D eigenvalue weighted by Gasteiger charge is 2.41. The van der Waals surface area contributed by atoms with E-state index in [0.717, 1.165) is 19.3 Å². The van der Waals surface area contributed by atoms with E-state index in [0.29, 0.717) is 17.4 Å². The molecule has 21 heavy (non-hydrogen) atoms. The third-order valence-electron chi connectivity index (χ3n) is 4.63. The molecule has 2 aliphatic carbocycles. The van der Waals surface area contributed by atoms with Crippen molar-refractivity contribution in [2.45, 2.75) is 43.0 Å². The largest absolute Gasteiger partial charge is 0.481 e. The summed E-state index contributed by atoms with van der Waals surface area (Å²) in [6.07, 6.45) is 4.34. The summed E-state index contributed by atoms with van der Waals surface area (Å²) in [5.74, 6) is 0.238. The summed E-state index contributed by atoms with van der Waals surface area (Å²) in [6, 6.07) is 6.14. The van der Waals surface area contributed by atoms with Crippen molar-refractivity contribution >= 4 is 16.0 Å². The Morgan fingerprint density at radius 3 is 2.43 bits per heavy atom. The quantitative estimate of drug-likeness (QED) is 0.868. The monoisotopic (exact) mass is 309 g/mol. The molecule has 114 valence electrons. The minimum Gasteiger partial charge on any atom is -0.481 e. The number of hydrogen-bond donors (Lipinski definition) is 2. The van der Waals surface area contributed by atoms with Crippen molar-refractivity contribution < 1.29 is 18.3 Å². The highest BCUT2D eigenvalue weighted by atomic mass is 32.2. The lowest BCUT2D eigenvalue weighted by Gasteiger charge is -2.22. The first kappa shape index (κ1) is 14.5.